The predicted octanol–water partition coefficient (Wildman–Crippen LogP) is 6.95. The van der Waals surface area contributed by atoms with Gasteiger partial charge in [-0.25, -0.2) is 4.79 Å². The number of esters is 1. The molecule has 5 nitrogen and oxygen atoms in total. The number of carbonyl (C=O) groups excluding carboxylic acids is 2. The van der Waals surface area contributed by atoms with E-state index in [-0.39, 0.29) is 34.8 Å². The maximum absolute atomic E-state index is 13.2. The van der Waals surface area contributed by atoms with E-state index in [1.165, 1.54) is 12.8 Å². The van der Waals surface area contributed by atoms with Gasteiger partial charge in [0.15, 0.2) is 17.2 Å². The summed E-state index contributed by atoms with van der Waals surface area (Å²) < 4.78 is 20.1. The molecule has 0 bridgehead atoms. The minimum Gasteiger partial charge on any atom is -0.459 e. The molecule has 1 aliphatic heterocycles. The Balaban J connectivity index is 1.19. The van der Waals surface area contributed by atoms with Gasteiger partial charge in [0.1, 0.15) is 6.10 Å². The average Bonchev–Trinajstić information content (AvgIpc) is 3.25. The third kappa shape index (κ3) is 3.81. The molecule has 202 valence electrons. The summed E-state index contributed by atoms with van der Waals surface area (Å²) in [6.07, 6.45) is 8.32. The van der Waals surface area contributed by atoms with E-state index in [9.17, 15) is 9.59 Å². The lowest BCUT2D eigenvalue weighted by Gasteiger charge is -2.61. The molecule has 5 fully saturated rings. The quantitative estimate of drug-likeness (QED) is 0.271. The highest BCUT2D eigenvalue weighted by Gasteiger charge is 2.75. The summed E-state index contributed by atoms with van der Waals surface area (Å²) in [6.45, 7) is 10.5. The summed E-state index contributed by atoms with van der Waals surface area (Å²) in [6, 6.07) is 7.66. The zero-order valence-corrected chi connectivity index (χ0v) is 25.0. The molecular weight excluding hydrogens is 579 g/mol. The standard InChI is InChI=1S/C31H41IO5/c1-18(33)31-26(36-28(2,3)37-31)17-25-23-10-9-20-16-22(35-27(34)19-7-6-8-21(32)15-19)11-13-29(20,4)24(23)12-14-30(25,31)5/h6-8,15,20,22-26H,9-14,16-17H2,1-5H3/t20-,22-,23-,24-,25-,26-,29+,30+,31-/m1/s1. The zero-order valence-electron chi connectivity index (χ0n) is 22.8. The number of benzene rings is 1. The Hall–Kier alpha value is -0.990. The fourth-order valence-electron chi connectivity index (χ4n) is 9.91. The lowest BCUT2D eigenvalue weighted by atomic mass is 9.44. The predicted molar refractivity (Wildman–Crippen MR) is 149 cm³/mol. The minimum absolute atomic E-state index is 0.00435. The first-order chi connectivity index (χ1) is 17.4. The van der Waals surface area contributed by atoms with Crippen molar-refractivity contribution < 1.29 is 23.8 Å². The lowest BCUT2D eigenvalue weighted by Crippen LogP contribution is -2.60. The van der Waals surface area contributed by atoms with Gasteiger partial charge in [0.25, 0.3) is 0 Å². The first-order valence-corrected chi connectivity index (χ1v) is 15.3. The van der Waals surface area contributed by atoms with Crippen molar-refractivity contribution in [1.29, 1.82) is 0 Å². The third-order valence-electron chi connectivity index (χ3n) is 11.5. The molecule has 5 aliphatic rings. The molecule has 37 heavy (non-hydrogen) atoms. The van der Waals surface area contributed by atoms with E-state index in [4.69, 9.17) is 14.2 Å². The number of hydrogen-bond acceptors (Lipinski definition) is 5. The number of carbonyl (C=O) groups is 2. The van der Waals surface area contributed by atoms with Crippen LogP contribution >= 0.6 is 22.6 Å². The van der Waals surface area contributed by atoms with Gasteiger partial charge in [-0.15, -0.1) is 0 Å². The van der Waals surface area contributed by atoms with Crippen molar-refractivity contribution in [2.75, 3.05) is 0 Å². The molecule has 1 aromatic rings. The molecular formula is C31H41IO5. The molecule has 0 amide bonds. The highest BCUT2D eigenvalue weighted by atomic mass is 127. The molecule has 0 aromatic heterocycles. The Kier molecular flexibility index (Phi) is 6.21. The first-order valence-electron chi connectivity index (χ1n) is 14.3. The molecule has 9 atom stereocenters. The number of halogens is 1. The van der Waals surface area contributed by atoms with Gasteiger partial charge in [0, 0.05) is 8.99 Å². The number of ether oxygens (including phenoxy) is 3. The van der Waals surface area contributed by atoms with Gasteiger partial charge in [0.2, 0.25) is 0 Å². The van der Waals surface area contributed by atoms with Crippen LogP contribution < -0.4 is 0 Å². The zero-order chi connectivity index (χ0) is 26.4. The Morgan fingerprint density at radius 2 is 1.78 bits per heavy atom. The molecule has 6 heteroatoms. The van der Waals surface area contributed by atoms with Crippen molar-refractivity contribution in [2.24, 2.45) is 34.5 Å². The van der Waals surface area contributed by atoms with Gasteiger partial charge in [-0.3, -0.25) is 4.79 Å². The molecule has 4 saturated carbocycles. The van der Waals surface area contributed by atoms with Crippen LogP contribution in [-0.4, -0.2) is 35.3 Å². The van der Waals surface area contributed by atoms with Gasteiger partial charge >= 0.3 is 5.97 Å². The van der Waals surface area contributed by atoms with Crippen LogP contribution in [-0.2, 0) is 19.0 Å². The summed E-state index contributed by atoms with van der Waals surface area (Å²) >= 11 is 2.24. The Morgan fingerprint density at radius 3 is 2.51 bits per heavy atom. The van der Waals surface area contributed by atoms with Crippen LogP contribution in [0.15, 0.2) is 24.3 Å². The number of ketones is 1. The Labute approximate surface area is 234 Å². The van der Waals surface area contributed by atoms with Crippen molar-refractivity contribution in [2.45, 2.75) is 110 Å². The number of hydrogen-bond donors (Lipinski definition) is 0. The summed E-state index contributed by atoms with van der Waals surface area (Å²) in [7, 11) is 0. The van der Waals surface area contributed by atoms with E-state index >= 15 is 0 Å². The van der Waals surface area contributed by atoms with Crippen LogP contribution in [0.4, 0.5) is 0 Å². The van der Waals surface area contributed by atoms with Gasteiger partial charge in [-0.05, 0) is 142 Å². The smallest absolute Gasteiger partial charge is 0.338 e. The normalized spacial score (nSPS) is 45.8. The van der Waals surface area contributed by atoms with Crippen molar-refractivity contribution in [3.8, 4) is 0 Å². The lowest BCUT2D eigenvalue weighted by molar-refractivity contribution is -0.219. The SMILES string of the molecule is CC(=O)[C@@]12OC(C)(C)O[C@@H]1C[C@@H]1[C@@H]3CC[C@@H]4C[C@H](OC(=O)c5cccc(I)c5)CC[C@]4(C)[C@@H]3CC[C@@]12C. The summed E-state index contributed by atoms with van der Waals surface area (Å²) in [4.78, 5) is 26.1. The molecule has 6 rings (SSSR count). The van der Waals surface area contributed by atoms with E-state index in [1.807, 2.05) is 38.1 Å². The van der Waals surface area contributed by atoms with E-state index < -0.39 is 11.4 Å². The molecule has 1 heterocycles. The molecule has 0 unspecified atom stereocenters. The number of Topliss-reactive ketones (excluding diaryl/α,β-unsaturated/α-hetero) is 1. The average molecular weight is 621 g/mol. The summed E-state index contributed by atoms with van der Waals surface area (Å²) in [5, 5.41) is 0. The topological polar surface area (TPSA) is 61.8 Å². The number of fused-ring (bicyclic) bond motifs is 7. The molecule has 0 N–H and O–H groups in total. The summed E-state index contributed by atoms with van der Waals surface area (Å²) in [5.74, 6) is 1.51. The van der Waals surface area contributed by atoms with Crippen LogP contribution in [0.1, 0.15) is 96.3 Å². The van der Waals surface area contributed by atoms with Crippen molar-refractivity contribution in [1.82, 2.24) is 0 Å². The second-order valence-corrected chi connectivity index (χ2v) is 14.8. The van der Waals surface area contributed by atoms with Gasteiger partial charge in [-0.1, -0.05) is 19.9 Å². The van der Waals surface area contributed by atoms with Crippen molar-refractivity contribution in [3.05, 3.63) is 33.4 Å². The highest BCUT2D eigenvalue weighted by Crippen LogP contribution is 2.71. The van der Waals surface area contributed by atoms with Gasteiger partial charge in [0.05, 0.1) is 11.7 Å². The fourth-order valence-corrected chi connectivity index (χ4v) is 10.5. The Bertz CT molecular complexity index is 1120. The van der Waals surface area contributed by atoms with Crippen LogP contribution in [0.2, 0.25) is 0 Å². The van der Waals surface area contributed by atoms with E-state index in [0.717, 1.165) is 42.1 Å². The summed E-state index contributed by atoms with van der Waals surface area (Å²) in [5.41, 5.74) is -0.0847. The van der Waals surface area contributed by atoms with E-state index in [1.54, 1.807) is 6.92 Å². The van der Waals surface area contributed by atoms with Crippen LogP contribution in [0.5, 0.6) is 0 Å². The van der Waals surface area contributed by atoms with Crippen LogP contribution in [0.3, 0.4) is 0 Å². The monoisotopic (exact) mass is 620 g/mol. The Morgan fingerprint density at radius 1 is 1.00 bits per heavy atom. The second-order valence-electron chi connectivity index (χ2n) is 13.6. The molecule has 1 aromatic carbocycles. The minimum atomic E-state index is -0.814. The van der Waals surface area contributed by atoms with Crippen molar-refractivity contribution >= 4 is 34.3 Å². The maximum atomic E-state index is 13.2. The third-order valence-corrected chi connectivity index (χ3v) is 12.1. The highest BCUT2D eigenvalue weighted by molar-refractivity contribution is 14.1. The van der Waals surface area contributed by atoms with Crippen LogP contribution in [0, 0.1) is 38.1 Å². The van der Waals surface area contributed by atoms with E-state index in [0.29, 0.717) is 29.2 Å². The maximum Gasteiger partial charge on any atom is 0.338 e. The first kappa shape index (κ1) is 26.2. The molecule has 1 saturated heterocycles. The molecule has 0 spiro atoms. The molecule has 4 aliphatic carbocycles. The van der Waals surface area contributed by atoms with E-state index in [2.05, 4.69) is 36.4 Å². The second kappa shape index (κ2) is 8.76. The van der Waals surface area contributed by atoms with Crippen LogP contribution in [0.25, 0.3) is 0 Å². The van der Waals surface area contributed by atoms with Gasteiger partial charge in [-0.2, -0.15) is 0 Å². The molecule has 0 radical (unpaired) electrons. The largest absolute Gasteiger partial charge is 0.459 e. The van der Waals surface area contributed by atoms with Gasteiger partial charge < -0.3 is 14.2 Å². The van der Waals surface area contributed by atoms with Crippen molar-refractivity contribution in [3.63, 3.8) is 0 Å². The number of rotatable bonds is 3. The fraction of sp³-hybridized carbons (Fsp3) is 0.742.